The average molecular weight is 339 g/mol. The second-order valence-electron chi connectivity index (χ2n) is 4.49. The Balaban J connectivity index is 2.18. The number of hydrazone groups is 1. The Labute approximate surface area is 136 Å². The predicted molar refractivity (Wildman–Crippen MR) is 86.0 cm³/mol. The highest BCUT2D eigenvalue weighted by Gasteiger charge is 2.13. The zero-order chi connectivity index (χ0) is 16.3. The van der Waals surface area contributed by atoms with Crippen molar-refractivity contribution >= 4 is 35.3 Å². The number of aromatic hydroxyl groups is 2. The highest BCUT2D eigenvalue weighted by molar-refractivity contribution is 6.36. The summed E-state index contributed by atoms with van der Waals surface area (Å²) in [5.74, 6) is -0.899. The lowest BCUT2D eigenvalue weighted by Gasteiger charge is -2.06. The molecule has 7 heteroatoms. The maximum absolute atomic E-state index is 12.0. The third-order valence-corrected chi connectivity index (χ3v) is 3.41. The van der Waals surface area contributed by atoms with Gasteiger partial charge in [0.05, 0.1) is 16.8 Å². The number of halogens is 2. The summed E-state index contributed by atoms with van der Waals surface area (Å²) in [6, 6.07) is 7.58. The van der Waals surface area contributed by atoms with Gasteiger partial charge in [-0.2, -0.15) is 5.10 Å². The highest BCUT2D eigenvalue weighted by atomic mass is 35.5. The molecule has 3 N–H and O–H groups in total. The van der Waals surface area contributed by atoms with Gasteiger partial charge in [-0.25, -0.2) is 5.43 Å². The quantitative estimate of drug-likeness (QED) is 0.591. The van der Waals surface area contributed by atoms with E-state index in [0.29, 0.717) is 10.6 Å². The van der Waals surface area contributed by atoms with Crippen LogP contribution in [0.2, 0.25) is 10.0 Å². The van der Waals surface area contributed by atoms with Crippen molar-refractivity contribution in [3.63, 3.8) is 0 Å². The second-order valence-corrected chi connectivity index (χ2v) is 5.34. The van der Waals surface area contributed by atoms with Crippen molar-refractivity contribution in [3.8, 4) is 11.5 Å². The lowest BCUT2D eigenvalue weighted by molar-refractivity contribution is 0.0952. The Bertz CT molecular complexity index is 740. The van der Waals surface area contributed by atoms with E-state index in [1.807, 2.05) is 0 Å². The normalized spacial score (nSPS) is 10.9. The molecule has 0 fully saturated rings. The molecule has 0 aliphatic carbocycles. The molecule has 2 aromatic carbocycles. The topological polar surface area (TPSA) is 81.9 Å². The van der Waals surface area contributed by atoms with Crippen LogP contribution >= 0.6 is 23.2 Å². The molecule has 0 unspecified atom stereocenters. The average Bonchev–Trinajstić information content (AvgIpc) is 2.43. The van der Waals surface area contributed by atoms with Gasteiger partial charge >= 0.3 is 0 Å². The fourth-order valence-corrected chi connectivity index (χ4v) is 2.36. The van der Waals surface area contributed by atoms with Gasteiger partial charge < -0.3 is 10.2 Å². The zero-order valence-corrected chi connectivity index (χ0v) is 13.0. The van der Waals surface area contributed by atoms with Gasteiger partial charge in [-0.3, -0.25) is 4.79 Å². The second kappa shape index (κ2) is 6.68. The number of rotatable bonds is 3. The minimum absolute atomic E-state index is 0.0804. The Morgan fingerprint density at radius 3 is 2.68 bits per heavy atom. The van der Waals surface area contributed by atoms with Gasteiger partial charge in [0.15, 0.2) is 0 Å². The first-order chi connectivity index (χ1) is 10.4. The van der Waals surface area contributed by atoms with Gasteiger partial charge in [-0.05, 0) is 30.7 Å². The van der Waals surface area contributed by atoms with Crippen LogP contribution in [0, 0.1) is 6.92 Å². The summed E-state index contributed by atoms with van der Waals surface area (Å²) in [5.41, 5.74) is 3.27. The van der Waals surface area contributed by atoms with E-state index in [-0.39, 0.29) is 27.6 Å². The van der Waals surface area contributed by atoms with Gasteiger partial charge in [-0.15, -0.1) is 0 Å². The summed E-state index contributed by atoms with van der Waals surface area (Å²) >= 11 is 11.6. The van der Waals surface area contributed by atoms with Gasteiger partial charge in [0.2, 0.25) is 0 Å². The van der Waals surface area contributed by atoms with Crippen molar-refractivity contribution in [3.05, 3.63) is 57.1 Å². The number of phenolic OH excluding ortho intramolecular Hbond substituents is 2. The summed E-state index contributed by atoms with van der Waals surface area (Å²) in [6.07, 6.45) is 1.21. The molecule has 0 bridgehead atoms. The minimum atomic E-state index is -0.570. The van der Waals surface area contributed by atoms with Crippen LogP contribution in [0.4, 0.5) is 0 Å². The molecule has 0 aliphatic rings. The molecule has 0 atom stereocenters. The zero-order valence-electron chi connectivity index (χ0n) is 11.5. The molecule has 114 valence electrons. The summed E-state index contributed by atoms with van der Waals surface area (Å²) in [5, 5.41) is 23.6. The van der Waals surface area contributed by atoms with Crippen LogP contribution in [-0.2, 0) is 0 Å². The summed E-state index contributed by atoms with van der Waals surface area (Å²) in [7, 11) is 0. The van der Waals surface area contributed by atoms with Crippen LogP contribution in [0.5, 0.6) is 11.5 Å². The standard InChI is InChI=1S/C15H12Cl2N2O3/c1-8-3-2-4-12(20)13(8)15(22)19-18-7-9-5-10(16)6-11(17)14(9)21/h2-7,20-21H,1H3,(H,19,22)/b18-7+. The molecule has 0 radical (unpaired) electrons. The maximum atomic E-state index is 12.0. The molecule has 0 aromatic heterocycles. The van der Waals surface area contributed by atoms with Crippen LogP contribution in [-0.4, -0.2) is 22.3 Å². The molecule has 1 amide bonds. The highest BCUT2D eigenvalue weighted by Crippen LogP contribution is 2.30. The van der Waals surface area contributed by atoms with E-state index < -0.39 is 5.91 Å². The van der Waals surface area contributed by atoms with Crippen molar-refractivity contribution in [1.82, 2.24) is 5.43 Å². The first-order valence-electron chi connectivity index (χ1n) is 6.20. The number of aryl methyl sites for hydroxylation is 1. The number of benzene rings is 2. The van der Waals surface area contributed by atoms with E-state index >= 15 is 0 Å². The number of nitrogens with zero attached hydrogens (tertiary/aromatic N) is 1. The molecule has 0 aliphatic heterocycles. The predicted octanol–water partition coefficient (Wildman–Crippen LogP) is 3.48. The fraction of sp³-hybridized carbons (Fsp3) is 0.0667. The number of phenols is 2. The summed E-state index contributed by atoms with van der Waals surface area (Å²) in [6.45, 7) is 1.70. The smallest absolute Gasteiger partial charge is 0.275 e. The molecule has 0 saturated carbocycles. The van der Waals surface area contributed by atoms with Crippen molar-refractivity contribution < 1.29 is 15.0 Å². The Kier molecular flexibility index (Phi) is 4.90. The van der Waals surface area contributed by atoms with Crippen LogP contribution < -0.4 is 5.43 Å². The number of nitrogens with one attached hydrogen (secondary N) is 1. The third-order valence-electron chi connectivity index (χ3n) is 2.91. The molecule has 0 saturated heterocycles. The molecule has 22 heavy (non-hydrogen) atoms. The molecular formula is C15H12Cl2N2O3. The Morgan fingerprint density at radius 2 is 2.00 bits per heavy atom. The van der Waals surface area contributed by atoms with E-state index in [4.69, 9.17) is 23.2 Å². The summed E-state index contributed by atoms with van der Waals surface area (Å²) in [4.78, 5) is 12.0. The van der Waals surface area contributed by atoms with Crippen LogP contribution in [0.15, 0.2) is 35.4 Å². The largest absolute Gasteiger partial charge is 0.507 e. The van der Waals surface area contributed by atoms with Gasteiger partial charge in [-0.1, -0.05) is 35.3 Å². The van der Waals surface area contributed by atoms with E-state index in [1.165, 1.54) is 24.4 Å². The van der Waals surface area contributed by atoms with E-state index in [9.17, 15) is 15.0 Å². The molecule has 0 spiro atoms. The summed E-state index contributed by atoms with van der Waals surface area (Å²) < 4.78 is 0. The molecular weight excluding hydrogens is 327 g/mol. The van der Waals surface area contributed by atoms with Crippen LogP contribution in [0.3, 0.4) is 0 Å². The van der Waals surface area contributed by atoms with Crippen LogP contribution in [0.1, 0.15) is 21.5 Å². The Morgan fingerprint density at radius 1 is 1.27 bits per heavy atom. The lowest BCUT2D eigenvalue weighted by atomic mass is 10.1. The molecule has 2 aromatic rings. The van der Waals surface area contributed by atoms with E-state index in [0.717, 1.165) is 0 Å². The third kappa shape index (κ3) is 3.50. The number of amides is 1. The first-order valence-corrected chi connectivity index (χ1v) is 6.95. The van der Waals surface area contributed by atoms with Crippen molar-refractivity contribution in [2.45, 2.75) is 6.92 Å². The Hall–Kier alpha value is -2.24. The number of carbonyl (C=O) groups is 1. The number of hydrogen-bond donors (Lipinski definition) is 3. The first kappa shape index (κ1) is 16.1. The minimum Gasteiger partial charge on any atom is -0.507 e. The maximum Gasteiger partial charge on any atom is 0.275 e. The lowest BCUT2D eigenvalue weighted by Crippen LogP contribution is -2.18. The number of carbonyl (C=O) groups excluding carboxylic acids is 1. The molecule has 2 rings (SSSR count). The monoisotopic (exact) mass is 338 g/mol. The van der Waals surface area contributed by atoms with Gasteiger partial charge in [0.25, 0.3) is 5.91 Å². The molecule has 5 nitrogen and oxygen atoms in total. The van der Waals surface area contributed by atoms with Gasteiger partial charge in [0.1, 0.15) is 11.5 Å². The van der Waals surface area contributed by atoms with E-state index in [1.54, 1.807) is 19.1 Å². The van der Waals surface area contributed by atoms with Crippen molar-refractivity contribution in [2.75, 3.05) is 0 Å². The van der Waals surface area contributed by atoms with Crippen molar-refractivity contribution in [1.29, 1.82) is 0 Å². The van der Waals surface area contributed by atoms with Crippen LogP contribution in [0.25, 0.3) is 0 Å². The molecule has 0 heterocycles. The van der Waals surface area contributed by atoms with Gasteiger partial charge in [0, 0.05) is 10.6 Å². The SMILES string of the molecule is Cc1cccc(O)c1C(=O)N/N=C/c1cc(Cl)cc(Cl)c1O. The van der Waals surface area contributed by atoms with Crippen molar-refractivity contribution in [2.24, 2.45) is 5.10 Å². The number of hydrogen-bond acceptors (Lipinski definition) is 4. The van der Waals surface area contributed by atoms with E-state index in [2.05, 4.69) is 10.5 Å². The fourth-order valence-electron chi connectivity index (χ4n) is 1.85.